The predicted octanol–water partition coefficient (Wildman–Crippen LogP) is 2.72. The number of hydrogen-bond donors (Lipinski definition) is 0. The van der Waals surface area contributed by atoms with E-state index in [0.717, 1.165) is 63.4 Å². The van der Waals surface area contributed by atoms with Crippen LogP contribution >= 0.6 is 0 Å². The Morgan fingerprint density at radius 1 is 1.00 bits per heavy atom. The van der Waals surface area contributed by atoms with E-state index in [0.29, 0.717) is 5.69 Å². The van der Waals surface area contributed by atoms with Crippen LogP contribution in [0.1, 0.15) is 40.9 Å². The Balaban J connectivity index is 1.50. The lowest BCUT2D eigenvalue weighted by Crippen LogP contribution is -2.36. The average molecular weight is 366 g/mol. The fourth-order valence-electron chi connectivity index (χ4n) is 3.93. The van der Waals surface area contributed by atoms with Crippen molar-refractivity contribution in [2.45, 2.75) is 32.1 Å². The molecule has 1 fully saturated rings. The smallest absolute Gasteiger partial charge is 0.274 e. The number of ether oxygens (including phenoxy) is 1. The van der Waals surface area contributed by atoms with E-state index in [1.54, 1.807) is 19.5 Å². The summed E-state index contributed by atoms with van der Waals surface area (Å²) in [5, 5.41) is 0. The molecule has 0 aliphatic carbocycles. The minimum Gasteiger partial charge on any atom is -0.497 e. The largest absolute Gasteiger partial charge is 0.497 e. The SMILES string of the molecule is COc1ccc2c(c1)CCN(c1cncc(C(=O)N3CCCCC3)n1)CC2. The van der Waals surface area contributed by atoms with Crippen LogP contribution in [0.4, 0.5) is 5.82 Å². The van der Waals surface area contributed by atoms with Gasteiger partial charge in [0.05, 0.1) is 19.5 Å². The van der Waals surface area contributed by atoms with Gasteiger partial charge in [-0.1, -0.05) is 6.07 Å². The second-order valence-corrected chi connectivity index (χ2v) is 7.24. The second kappa shape index (κ2) is 7.94. The summed E-state index contributed by atoms with van der Waals surface area (Å²) in [4.78, 5) is 25.8. The van der Waals surface area contributed by atoms with Gasteiger partial charge in [0, 0.05) is 26.2 Å². The molecular formula is C21H26N4O2. The minimum absolute atomic E-state index is 0.00638. The molecule has 2 aliphatic rings. The Labute approximate surface area is 160 Å². The standard InChI is InChI=1S/C21H26N4O2/c1-27-18-6-5-16-7-11-24(12-8-17(16)13-18)20-15-22-14-19(23-20)21(26)25-9-3-2-4-10-25/h5-6,13-15H,2-4,7-12H2,1H3. The number of likely N-dealkylation sites (tertiary alicyclic amines) is 1. The maximum Gasteiger partial charge on any atom is 0.274 e. The molecule has 27 heavy (non-hydrogen) atoms. The number of carbonyl (C=O) groups is 1. The van der Waals surface area contributed by atoms with Crippen molar-refractivity contribution in [2.75, 3.05) is 38.2 Å². The maximum absolute atomic E-state index is 12.7. The first-order valence-electron chi connectivity index (χ1n) is 9.76. The first kappa shape index (κ1) is 17.8. The van der Waals surface area contributed by atoms with Crippen LogP contribution in [0.5, 0.6) is 5.75 Å². The number of rotatable bonds is 3. The van der Waals surface area contributed by atoms with Crippen molar-refractivity contribution < 1.29 is 9.53 Å². The monoisotopic (exact) mass is 366 g/mol. The van der Waals surface area contributed by atoms with Crippen molar-refractivity contribution in [3.8, 4) is 5.75 Å². The zero-order chi connectivity index (χ0) is 18.6. The fourth-order valence-corrected chi connectivity index (χ4v) is 3.93. The van der Waals surface area contributed by atoms with E-state index in [-0.39, 0.29) is 5.91 Å². The topological polar surface area (TPSA) is 58.6 Å². The van der Waals surface area contributed by atoms with Crippen LogP contribution in [0.15, 0.2) is 30.6 Å². The molecular weight excluding hydrogens is 340 g/mol. The Morgan fingerprint density at radius 3 is 2.56 bits per heavy atom. The van der Waals surface area contributed by atoms with Crippen LogP contribution in [-0.4, -0.2) is 54.1 Å². The number of nitrogens with zero attached hydrogens (tertiary/aromatic N) is 4. The highest BCUT2D eigenvalue weighted by Crippen LogP contribution is 2.23. The number of benzene rings is 1. The van der Waals surface area contributed by atoms with Crippen molar-refractivity contribution in [3.63, 3.8) is 0 Å². The first-order valence-corrected chi connectivity index (χ1v) is 9.76. The molecule has 0 unspecified atom stereocenters. The van der Waals surface area contributed by atoms with Gasteiger partial charge in [0.1, 0.15) is 17.3 Å². The summed E-state index contributed by atoms with van der Waals surface area (Å²) in [6.07, 6.45) is 8.60. The van der Waals surface area contributed by atoms with Gasteiger partial charge in [-0.2, -0.15) is 0 Å². The summed E-state index contributed by atoms with van der Waals surface area (Å²) in [5.74, 6) is 1.70. The van der Waals surface area contributed by atoms with Crippen LogP contribution in [0.25, 0.3) is 0 Å². The van der Waals surface area contributed by atoms with Crippen LogP contribution < -0.4 is 9.64 Å². The van der Waals surface area contributed by atoms with Crippen LogP contribution in [-0.2, 0) is 12.8 Å². The molecule has 0 saturated carbocycles. The molecule has 1 amide bonds. The normalized spacial score (nSPS) is 17.2. The van der Waals surface area contributed by atoms with E-state index in [1.807, 2.05) is 11.0 Å². The highest BCUT2D eigenvalue weighted by atomic mass is 16.5. The highest BCUT2D eigenvalue weighted by molar-refractivity contribution is 5.92. The molecule has 2 aromatic rings. The maximum atomic E-state index is 12.7. The zero-order valence-electron chi connectivity index (χ0n) is 15.9. The van der Waals surface area contributed by atoms with Crippen LogP contribution in [0.3, 0.4) is 0 Å². The van der Waals surface area contributed by atoms with E-state index in [1.165, 1.54) is 17.5 Å². The lowest BCUT2D eigenvalue weighted by Gasteiger charge is -2.27. The van der Waals surface area contributed by atoms with Gasteiger partial charge in [0.25, 0.3) is 5.91 Å². The highest BCUT2D eigenvalue weighted by Gasteiger charge is 2.22. The van der Waals surface area contributed by atoms with Crippen molar-refractivity contribution in [3.05, 3.63) is 47.4 Å². The zero-order valence-corrected chi connectivity index (χ0v) is 15.9. The first-order chi connectivity index (χ1) is 13.2. The third kappa shape index (κ3) is 3.89. The van der Waals surface area contributed by atoms with Gasteiger partial charge in [-0.25, -0.2) is 4.98 Å². The summed E-state index contributed by atoms with van der Waals surface area (Å²) in [7, 11) is 1.70. The van der Waals surface area contributed by atoms with E-state index >= 15 is 0 Å². The number of carbonyl (C=O) groups excluding carboxylic acids is 1. The van der Waals surface area contributed by atoms with Crippen LogP contribution in [0, 0.1) is 0 Å². The number of piperidine rings is 1. The summed E-state index contributed by atoms with van der Waals surface area (Å²) in [6.45, 7) is 3.38. The number of amides is 1. The van der Waals surface area contributed by atoms with Gasteiger partial charge < -0.3 is 14.5 Å². The van der Waals surface area contributed by atoms with E-state index in [4.69, 9.17) is 4.74 Å². The molecule has 0 spiro atoms. The predicted molar refractivity (Wildman–Crippen MR) is 104 cm³/mol. The number of methoxy groups -OCH3 is 1. The molecule has 0 N–H and O–H groups in total. The van der Waals surface area contributed by atoms with E-state index in [2.05, 4.69) is 27.0 Å². The lowest BCUT2D eigenvalue weighted by molar-refractivity contribution is 0.0718. The Bertz CT molecular complexity index is 818. The third-order valence-corrected chi connectivity index (χ3v) is 5.52. The second-order valence-electron chi connectivity index (χ2n) is 7.24. The molecule has 3 heterocycles. The minimum atomic E-state index is 0.00638. The van der Waals surface area contributed by atoms with Crippen molar-refractivity contribution in [1.82, 2.24) is 14.9 Å². The molecule has 2 aliphatic heterocycles. The van der Waals surface area contributed by atoms with Crippen molar-refractivity contribution >= 4 is 11.7 Å². The molecule has 0 bridgehead atoms. The van der Waals surface area contributed by atoms with Gasteiger partial charge in [0.15, 0.2) is 0 Å². The fraction of sp³-hybridized carbons (Fsp3) is 0.476. The van der Waals surface area contributed by atoms with E-state index < -0.39 is 0 Å². The molecule has 142 valence electrons. The van der Waals surface area contributed by atoms with E-state index in [9.17, 15) is 4.79 Å². The summed E-state index contributed by atoms with van der Waals surface area (Å²) < 4.78 is 5.35. The Hall–Kier alpha value is -2.63. The summed E-state index contributed by atoms with van der Waals surface area (Å²) in [6, 6.07) is 6.30. The lowest BCUT2D eigenvalue weighted by atomic mass is 10.0. The number of hydrogen-bond acceptors (Lipinski definition) is 5. The number of aromatic nitrogens is 2. The molecule has 6 nitrogen and oxygen atoms in total. The van der Waals surface area contributed by atoms with Gasteiger partial charge in [-0.05, 0) is 55.4 Å². The quantitative estimate of drug-likeness (QED) is 0.836. The molecule has 0 radical (unpaired) electrons. The third-order valence-electron chi connectivity index (χ3n) is 5.52. The summed E-state index contributed by atoms with van der Waals surface area (Å²) >= 11 is 0. The number of anilines is 1. The molecule has 0 atom stereocenters. The van der Waals surface area contributed by atoms with Gasteiger partial charge >= 0.3 is 0 Å². The summed E-state index contributed by atoms with van der Waals surface area (Å²) in [5.41, 5.74) is 3.13. The van der Waals surface area contributed by atoms with Gasteiger partial charge in [0.2, 0.25) is 0 Å². The number of fused-ring (bicyclic) bond motifs is 1. The van der Waals surface area contributed by atoms with Gasteiger partial charge in [-0.15, -0.1) is 0 Å². The van der Waals surface area contributed by atoms with Crippen LogP contribution in [0.2, 0.25) is 0 Å². The molecule has 6 heteroatoms. The molecule has 1 saturated heterocycles. The molecule has 1 aromatic carbocycles. The van der Waals surface area contributed by atoms with Gasteiger partial charge in [-0.3, -0.25) is 9.78 Å². The Kier molecular flexibility index (Phi) is 5.23. The molecule has 1 aromatic heterocycles. The van der Waals surface area contributed by atoms with Crippen molar-refractivity contribution in [2.24, 2.45) is 0 Å². The Morgan fingerprint density at radius 2 is 1.78 bits per heavy atom. The molecule has 4 rings (SSSR count). The van der Waals surface area contributed by atoms with Crippen molar-refractivity contribution in [1.29, 1.82) is 0 Å². The average Bonchev–Trinajstić information content (AvgIpc) is 2.96.